The summed E-state index contributed by atoms with van der Waals surface area (Å²) in [6.07, 6.45) is 0. The Hall–Kier alpha value is -1.31. The van der Waals surface area contributed by atoms with Gasteiger partial charge in [-0.25, -0.2) is 0 Å². The fourth-order valence-corrected chi connectivity index (χ4v) is 1.58. The van der Waals surface area contributed by atoms with Gasteiger partial charge in [-0.15, -0.1) is 0 Å². The van der Waals surface area contributed by atoms with Crippen molar-refractivity contribution in [1.29, 1.82) is 0 Å². The number of hydrogen-bond acceptors (Lipinski definition) is 1. The van der Waals surface area contributed by atoms with Crippen molar-refractivity contribution in [2.75, 3.05) is 0 Å². The smallest absolute Gasteiger partial charge is 0.310 e. The summed E-state index contributed by atoms with van der Waals surface area (Å²) < 4.78 is 0. The molecule has 0 fully saturated rings. The van der Waals surface area contributed by atoms with Gasteiger partial charge in [-0.3, -0.25) is 4.79 Å². The number of hydrogen-bond donors (Lipinski definition) is 1. The fourth-order valence-electron chi connectivity index (χ4n) is 1.58. The Bertz CT molecular complexity index is 367. The van der Waals surface area contributed by atoms with Gasteiger partial charge in [0.25, 0.3) is 0 Å². The molecule has 1 unspecified atom stereocenters. The molecule has 1 aromatic carbocycles. The van der Waals surface area contributed by atoms with Crippen LogP contribution in [-0.2, 0) is 4.79 Å². The second kappa shape index (κ2) is 3.82. The first-order chi connectivity index (χ1) is 6.45. The largest absolute Gasteiger partial charge is 0.481 e. The number of aliphatic carboxylic acids is 1. The van der Waals surface area contributed by atoms with Gasteiger partial charge in [0.15, 0.2) is 0 Å². The van der Waals surface area contributed by atoms with E-state index in [-0.39, 0.29) is 0 Å². The zero-order valence-corrected chi connectivity index (χ0v) is 9.09. The van der Waals surface area contributed by atoms with Crippen molar-refractivity contribution in [2.24, 2.45) is 0 Å². The summed E-state index contributed by atoms with van der Waals surface area (Å²) in [4.78, 5) is 10.8. The Morgan fingerprint density at radius 3 is 2.29 bits per heavy atom. The Morgan fingerprint density at radius 2 is 1.79 bits per heavy atom. The van der Waals surface area contributed by atoms with Crippen LogP contribution < -0.4 is 0 Å². The molecule has 0 heterocycles. The Labute approximate surface area is 84.6 Å². The minimum Gasteiger partial charge on any atom is -0.481 e. The highest BCUT2D eigenvalue weighted by atomic mass is 16.4. The molecule has 0 aromatic heterocycles. The summed E-state index contributed by atoms with van der Waals surface area (Å²) in [5, 5.41) is 8.92. The van der Waals surface area contributed by atoms with Crippen molar-refractivity contribution in [1.82, 2.24) is 0 Å². The summed E-state index contributed by atoms with van der Waals surface area (Å²) in [5.41, 5.74) is 4.42. The van der Waals surface area contributed by atoms with E-state index in [1.165, 1.54) is 11.1 Å². The molecule has 76 valence electrons. The lowest BCUT2D eigenvalue weighted by atomic mass is 9.91. The van der Waals surface area contributed by atoms with Crippen LogP contribution >= 0.6 is 0 Å². The molecule has 14 heavy (non-hydrogen) atoms. The zero-order chi connectivity index (χ0) is 10.9. The molecule has 1 N–H and O–H groups in total. The maximum absolute atomic E-state index is 10.8. The second-order valence-corrected chi connectivity index (χ2v) is 3.78. The summed E-state index contributed by atoms with van der Waals surface area (Å²) in [6, 6.07) is 3.90. The quantitative estimate of drug-likeness (QED) is 0.782. The normalized spacial score (nSPS) is 12.6. The lowest BCUT2D eigenvalue weighted by molar-refractivity contribution is -0.138. The fraction of sp³-hybridized carbons (Fsp3) is 0.417. The molecule has 0 aliphatic rings. The van der Waals surface area contributed by atoms with Crippen molar-refractivity contribution in [3.05, 3.63) is 34.4 Å². The van der Waals surface area contributed by atoms with Gasteiger partial charge in [0.1, 0.15) is 0 Å². The highest BCUT2D eigenvalue weighted by Crippen LogP contribution is 2.24. The molecular weight excluding hydrogens is 176 g/mol. The topological polar surface area (TPSA) is 37.3 Å². The predicted octanol–water partition coefficient (Wildman–Crippen LogP) is 2.80. The standard InChI is InChI=1S/C12H16O2/c1-7-5-6-11(9(3)8(7)2)10(4)12(13)14/h5-6,10H,1-4H3,(H,13,14). The Kier molecular flexibility index (Phi) is 2.94. The average molecular weight is 192 g/mol. The number of carboxylic acid groups (broad SMARTS) is 1. The SMILES string of the molecule is Cc1ccc(C(C)C(=O)O)c(C)c1C. The third-order valence-corrected chi connectivity index (χ3v) is 2.94. The predicted molar refractivity (Wildman–Crippen MR) is 56.7 cm³/mol. The van der Waals surface area contributed by atoms with Gasteiger partial charge in [0.2, 0.25) is 0 Å². The lowest BCUT2D eigenvalue weighted by Gasteiger charge is -2.14. The third-order valence-electron chi connectivity index (χ3n) is 2.94. The summed E-state index contributed by atoms with van der Waals surface area (Å²) in [7, 11) is 0. The second-order valence-electron chi connectivity index (χ2n) is 3.78. The lowest BCUT2D eigenvalue weighted by Crippen LogP contribution is -2.09. The minimum atomic E-state index is -0.767. The average Bonchev–Trinajstić information content (AvgIpc) is 2.13. The number of carboxylic acids is 1. The van der Waals surface area contributed by atoms with E-state index >= 15 is 0 Å². The van der Waals surface area contributed by atoms with Crippen molar-refractivity contribution < 1.29 is 9.90 Å². The summed E-state index contributed by atoms with van der Waals surface area (Å²) in [5.74, 6) is -1.19. The molecule has 0 bridgehead atoms. The molecule has 0 amide bonds. The number of aryl methyl sites for hydroxylation is 1. The highest BCUT2D eigenvalue weighted by Gasteiger charge is 2.16. The first-order valence-corrected chi connectivity index (χ1v) is 4.74. The van der Waals surface area contributed by atoms with E-state index in [4.69, 9.17) is 5.11 Å². The monoisotopic (exact) mass is 192 g/mol. The first-order valence-electron chi connectivity index (χ1n) is 4.74. The Balaban J connectivity index is 3.24. The first kappa shape index (κ1) is 10.8. The van der Waals surface area contributed by atoms with Crippen molar-refractivity contribution in [3.63, 3.8) is 0 Å². The van der Waals surface area contributed by atoms with Gasteiger partial charge in [-0.05, 0) is 49.9 Å². The minimum absolute atomic E-state index is 0.422. The van der Waals surface area contributed by atoms with Crippen molar-refractivity contribution in [3.8, 4) is 0 Å². The van der Waals surface area contributed by atoms with Gasteiger partial charge in [0.05, 0.1) is 5.92 Å². The van der Waals surface area contributed by atoms with Crippen molar-refractivity contribution in [2.45, 2.75) is 33.6 Å². The summed E-state index contributed by atoms with van der Waals surface area (Å²) in [6.45, 7) is 7.77. The molecule has 0 aliphatic carbocycles. The van der Waals surface area contributed by atoms with Gasteiger partial charge in [-0.1, -0.05) is 12.1 Å². The molecule has 1 aromatic rings. The molecular formula is C12H16O2. The molecule has 0 spiro atoms. The number of carbonyl (C=O) groups is 1. The molecule has 0 radical (unpaired) electrons. The van der Waals surface area contributed by atoms with Gasteiger partial charge < -0.3 is 5.11 Å². The van der Waals surface area contributed by atoms with Crippen LogP contribution in [0.3, 0.4) is 0 Å². The van der Waals surface area contributed by atoms with E-state index in [2.05, 4.69) is 0 Å². The number of benzene rings is 1. The van der Waals surface area contributed by atoms with E-state index in [1.807, 2.05) is 32.9 Å². The maximum atomic E-state index is 10.8. The van der Waals surface area contributed by atoms with E-state index in [0.29, 0.717) is 0 Å². The van der Waals surface area contributed by atoms with Crippen LogP contribution in [0.4, 0.5) is 0 Å². The molecule has 1 atom stereocenters. The molecule has 0 saturated heterocycles. The molecule has 0 saturated carbocycles. The van der Waals surface area contributed by atoms with Crippen LogP contribution in [0.15, 0.2) is 12.1 Å². The van der Waals surface area contributed by atoms with Crippen LogP contribution in [0.25, 0.3) is 0 Å². The van der Waals surface area contributed by atoms with E-state index in [1.54, 1.807) is 6.92 Å². The van der Waals surface area contributed by atoms with Gasteiger partial charge in [0, 0.05) is 0 Å². The van der Waals surface area contributed by atoms with Crippen LogP contribution in [0.5, 0.6) is 0 Å². The molecule has 0 aliphatic heterocycles. The third kappa shape index (κ3) is 1.79. The van der Waals surface area contributed by atoms with E-state index in [9.17, 15) is 4.79 Å². The number of rotatable bonds is 2. The Morgan fingerprint density at radius 1 is 1.21 bits per heavy atom. The molecule has 1 rings (SSSR count). The van der Waals surface area contributed by atoms with E-state index < -0.39 is 11.9 Å². The van der Waals surface area contributed by atoms with Crippen LogP contribution in [0.1, 0.15) is 35.1 Å². The van der Waals surface area contributed by atoms with Crippen LogP contribution in [-0.4, -0.2) is 11.1 Å². The van der Waals surface area contributed by atoms with Crippen molar-refractivity contribution >= 4 is 5.97 Å². The highest BCUT2D eigenvalue weighted by molar-refractivity contribution is 5.76. The van der Waals surface area contributed by atoms with Gasteiger partial charge >= 0.3 is 5.97 Å². The molecule has 2 nitrogen and oxygen atoms in total. The van der Waals surface area contributed by atoms with Crippen LogP contribution in [0, 0.1) is 20.8 Å². The maximum Gasteiger partial charge on any atom is 0.310 e. The van der Waals surface area contributed by atoms with Gasteiger partial charge in [-0.2, -0.15) is 0 Å². The molecule has 2 heteroatoms. The van der Waals surface area contributed by atoms with E-state index in [0.717, 1.165) is 11.1 Å². The summed E-state index contributed by atoms with van der Waals surface area (Å²) >= 11 is 0. The zero-order valence-electron chi connectivity index (χ0n) is 9.09. The van der Waals surface area contributed by atoms with Crippen LogP contribution in [0.2, 0.25) is 0 Å².